The summed E-state index contributed by atoms with van der Waals surface area (Å²) in [4.78, 5) is 29.9. The van der Waals surface area contributed by atoms with E-state index in [-0.39, 0.29) is 35.5 Å². The molecule has 0 unspecified atom stereocenters. The number of halogens is 2. The second kappa shape index (κ2) is 10.1. The number of Topliss-reactive ketones (excluding diaryl/α,β-unsaturated/α-hetero) is 1. The van der Waals surface area contributed by atoms with E-state index in [0.29, 0.717) is 5.56 Å². The Hall–Kier alpha value is -2.70. The highest BCUT2D eigenvalue weighted by atomic mass is 35.5. The lowest BCUT2D eigenvalue weighted by Gasteiger charge is -2.31. The Labute approximate surface area is 186 Å². The molecular weight excluding hydrogens is 419 g/mol. The quantitative estimate of drug-likeness (QED) is 0.578. The van der Waals surface area contributed by atoms with Crippen LogP contribution in [0.1, 0.15) is 28.8 Å². The van der Waals surface area contributed by atoms with Gasteiger partial charge in [-0.25, -0.2) is 4.39 Å². The standard InChI is InChI=1S/C24H25FN2O3.ClH/c1-30-20-6-7-22-21(15-20)18(14-23(28)26-22)10-13-27-11-8-17(9-12-27)24(29)16-2-4-19(25)5-3-16;/h2-7,14-15,17H,8-13H2,1H3,(H,26,28);1H. The lowest BCUT2D eigenvalue weighted by Crippen LogP contribution is -2.37. The van der Waals surface area contributed by atoms with E-state index in [1.807, 2.05) is 18.2 Å². The van der Waals surface area contributed by atoms with E-state index in [9.17, 15) is 14.0 Å². The van der Waals surface area contributed by atoms with Crippen molar-refractivity contribution in [3.8, 4) is 5.75 Å². The molecule has 5 nitrogen and oxygen atoms in total. The number of ether oxygens (including phenoxy) is 1. The van der Waals surface area contributed by atoms with Crippen molar-refractivity contribution in [3.05, 3.63) is 75.8 Å². The second-order valence-corrected chi connectivity index (χ2v) is 7.81. The largest absolute Gasteiger partial charge is 0.497 e. The number of pyridine rings is 1. The minimum absolute atomic E-state index is 0. The number of hydrogen-bond donors (Lipinski definition) is 1. The molecule has 7 heteroatoms. The first-order valence-electron chi connectivity index (χ1n) is 10.3. The molecule has 4 rings (SSSR count). The van der Waals surface area contributed by atoms with Crippen LogP contribution in [-0.4, -0.2) is 42.4 Å². The van der Waals surface area contributed by atoms with E-state index in [4.69, 9.17) is 4.74 Å². The molecule has 2 heterocycles. The second-order valence-electron chi connectivity index (χ2n) is 7.81. The van der Waals surface area contributed by atoms with Gasteiger partial charge in [-0.05, 0) is 80.4 Å². The molecule has 0 bridgehead atoms. The number of likely N-dealkylation sites (tertiary alicyclic amines) is 1. The molecule has 1 aliphatic heterocycles. The van der Waals surface area contributed by atoms with Crippen LogP contribution in [0.25, 0.3) is 10.9 Å². The van der Waals surface area contributed by atoms with Crippen LogP contribution >= 0.6 is 12.4 Å². The molecule has 1 saturated heterocycles. The highest BCUT2D eigenvalue weighted by Gasteiger charge is 2.25. The number of fused-ring (bicyclic) bond motifs is 1. The minimum Gasteiger partial charge on any atom is -0.497 e. The molecule has 31 heavy (non-hydrogen) atoms. The molecule has 0 atom stereocenters. The molecule has 1 fully saturated rings. The smallest absolute Gasteiger partial charge is 0.248 e. The molecule has 1 N–H and O–H groups in total. The zero-order valence-corrected chi connectivity index (χ0v) is 18.2. The van der Waals surface area contributed by atoms with Gasteiger partial charge in [-0.15, -0.1) is 12.4 Å². The summed E-state index contributed by atoms with van der Waals surface area (Å²) in [5.41, 5.74) is 2.28. The van der Waals surface area contributed by atoms with E-state index in [0.717, 1.165) is 61.1 Å². The fourth-order valence-corrected chi connectivity index (χ4v) is 4.18. The van der Waals surface area contributed by atoms with Crippen molar-refractivity contribution in [3.63, 3.8) is 0 Å². The number of nitrogens with zero attached hydrogens (tertiary/aromatic N) is 1. The van der Waals surface area contributed by atoms with Crippen LogP contribution in [0.3, 0.4) is 0 Å². The zero-order chi connectivity index (χ0) is 21.1. The average molecular weight is 445 g/mol. The number of aromatic nitrogens is 1. The molecule has 1 aliphatic rings. The first-order chi connectivity index (χ1) is 14.5. The Balaban J connectivity index is 0.00000272. The highest BCUT2D eigenvalue weighted by Crippen LogP contribution is 2.24. The average Bonchev–Trinajstić information content (AvgIpc) is 2.77. The van der Waals surface area contributed by atoms with Gasteiger partial charge in [0, 0.05) is 35.0 Å². The molecule has 0 aliphatic carbocycles. The topological polar surface area (TPSA) is 62.4 Å². The summed E-state index contributed by atoms with van der Waals surface area (Å²) in [5, 5.41) is 0.996. The van der Waals surface area contributed by atoms with Gasteiger partial charge in [0.15, 0.2) is 5.78 Å². The summed E-state index contributed by atoms with van der Waals surface area (Å²) in [5.74, 6) is 0.515. The van der Waals surface area contributed by atoms with E-state index >= 15 is 0 Å². The summed E-state index contributed by atoms with van der Waals surface area (Å²) in [7, 11) is 1.63. The number of carbonyl (C=O) groups excluding carboxylic acids is 1. The summed E-state index contributed by atoms with van der Waals surface area (Å²) in [6.45, 7) is 2.50. The molecule has 0 saturated carbocycles. The van der Waals surface area contributed by atoms with Crippen LogP contribution in [0.2, 0.25) is 0 Å². The van der Waals surface area contributed by atoms with Crippen LogP contribution in [-0.2, 0) is 6.42 Å². The first-order valence-corrected chi connectivity index (χ1v) is 10.3. The van der Waals surface area contributed by atoms with Gasteiger partial charge < -0.3 is 14.6 Å². The number of piperidine rings is 1. The molecule has 0 amide bonds. The van der Waals surface area contributed by atoms with Gasteiger partial charge in [-0.2, -0.15) is 0 Å². The SMILES string of the molecule is COc1ccc2[nH]c(=O)cc(CCN3CCC(C(=O)c4ccc(F)cc4)CC3)c2c1.Cl. The monoisotopic (exact) mass is 444 g/mol. The van der Waals surface area contributed by atoms with Gasteiger partial charge in [0.25, 0.3) is 0 Å². The van der Waals surface area contributed by atoms with Crippen molar-refractivity contribution in [1.29, 1.82) is 0 Å². The van der Waals surface area contributed by atoms with Gasteiger partial charge in [-0.1, -0.05) is 0 Å². The number of carbonyl (C=O) groups is 1. The Morgan fingerprint density at radius 1 is 1.13 bits per heavy atom. The van der Waals surface area contributed by atoms with Gasteiger partial charge >= 0.3 is 0 Å². The number of rotatable bonds is 6. The third kappa shape index (κ3) is 5.32. The fraction of sp³-hybridized carbons (Fsp3) is 0.333. The lowest BCUT2D eigenvalue weighted by atomic mass is 9.88. The Kier molecular flexibility index (Phi) is 7.46. The van der Waals surface area contributed by atoms with E-state index < -0.39 is 0 Å². The van der Waals surface area contributed by atoms with Crippen molar-refractivity contribution < 1.29 is 13.9 Å². The number of benzene rings is 2. The van der Waals surface area contributed by atoms with E-state index in [1.54, 1.807) is 25.3 Å². The van der Waals surface area contributed by atoms with Crippen LogP contribution in [0.15, 0.2) is 53.3 Å². The molecule has 2 aromatic carbocycles. The Bertz CT molecular complexity index is 1110. The molecule has 1 aromatic heterocycles. The third-order valence-corrected chi connectivity index (χ3v) is 5.92. The predicted molar refractivity (Wildman–Crippen MR) is 122 cm³/mol. The molecule has 3 aromatic rings. The number of H-pyrrole nitrogens is 1. The maximum atomic E-state index is 13.1. The molecule has 0 spiro atoms. The van der Waals surface area contributed by atoms with E-state index in [2.05, 4.69) is 9.88 Å². The number of aromatic amines is 1. The van der Waals surface area contributed by atoms with Crippen LogP contribution in [0.5, 0.6) is 5.75 Å². The summed E-state index contributed by atoms with van der Waals surface area (Å²) < 4.78 is 18.4. The number of nitrogens with one attached hydrogen (secondary N) is 1. The fourth-order valence-electron chi connectivity index (χ4n) is 4.18. The number of ketones is 1. The highest BCUT2D eigenvalue weighted by molar-refractivity contribution is 5.97. The van der Waals surface area contributed by atoms with Crippen molar-refractivity contribution in [2.75, 3.05) is 26.7 Å². The lowest BCUT2D eigenvalue weighted by molar-refractivity contribution is 0.0841. The number of hydrogen-bond acceptors (Lipinski definition) is 4. The van der Waals surface area contributed by atoms with Crippen LogP contribution < -0.4 is 10.3 Å². The van der Waals surface area contributed by atoms with Gasteiger partial charge in [-0.3, -0.25) is 9.59 Å². The summed E-state index contributed by atoms with van der Waals surface area (Å²) >= 11 is 0. The van der Waals surface area contributed by atoms with Crippen molar-refractivity contribution >= 4 is 29.1 Å². The van der Waals surface area contributed by atoms with Gasteiger partial charge in [0.2, 0.25) is 5.56 Å². The normalized spacial score (nSPS) is 14.9. The van der Waals surface area contributed by atoms with Crippen LogP contribution in [0.4, 0.5) is 4.39 Å². The third-order valence-electron chi connectivity index (χ3n) is 5.92. The molecule has 0 radical (unpaired) electrons. The minimum atomic E-state index is -0.328. The predicted octanol–water partition coefficient (Wildman–Crippen LogP) is 4.24. The van der Waals surface area contributed by atoms with Gasteiger partial charge in [0.05, 0.1) is 7.11 Å². The van der Waals surface area contributed by atoms with Crippen molar-refractivity contribution in [2.45, 2.75) is 19.3 Å². The maximum absolute atomic E-state index is 13.1. The summed E-state index contributed by atoms with van der Waals surface area (Å²) in [6.07, 6.45) is 2.34. The summed E-state index contributed by atoms with van der Waals surface area (Å²) in [6, 6.07) is 13.1. The van der Waals surface area contributed by atoms with Crippen molar-refractivity contribution in [1.82, 2.24) is 9.88 Å². The van der Waals surface area contributed by atoms with Crippen molar-refractivity contribution in [2.24, 2.45) is 5.92 Å². The Morgan fingerprint density at radius 3 is 2.52 bits per heavy atom. The first kappa shape index (κ1) is 23.0. The van der Waals surface area contributed by atoms with E-state index in [1.165, 1.54) is 12.1 Å². The molecular formula is C24H26ClFN2O3. The van der Waals surface area contributed by atoms with Crippen LogP contribution in [0, 0.1) is 11.7 Å². The zero-order valence-electron chi connectivity index (χ0n) is 17.4. The maximum Gasteiger partial charge on any atom is 0.248 e. The Morgan fingerprint density at radius 2 is 1.84 bits per heavy atom. The number of methoxy groups -OCH3 is 1. The molecule has 164 valence electrons. The van der Waals surface area contributed by atoms with Gasteiger partial charge in [0.1, 0.15) is 11.6 Å².